The van der Waals surface area contributed by atoms with Gasteiger partial charge in [0.25, 0.3) is 14.4 Å². The molecule has 114 valence electrons. The van der Waals surface area contributed by atoms with E-state index in [4.69, 9.17) is 10.5 Å². The average molecular weight is 328 g/mol. The van der Waals surface area contributed by atoms with E-state index in [1.54, 1.807) is 24.3 Å². The Balaban J connectivity index is 2.18. The Bertz CT molecular complexity index is 715. The van der Waals surface area contributed by atoms with Crippen molar-refractivity contribution < 1.29 is 13.2 Å². The van der Waals surface area contributed by atoms with Gasteiger partial charge in [0.15, 0.2) is 0 Å². The summed E-state index contributed by atoms with van der Waals surface area (Å²) in [6, 6.07) is 6.73. The highest BCUT2D eigenvalue weighted by atomic mass is 32.2. The first-order chi connectivity index (χ1) is 9.90. The lowest BCUT2D eigenvalue weighted by Gasteiger charge is -2.13. The molecule has 1 atom stereocenters. The maximum atomic E-state index is 12.1. The summed E-state index contributed by atoms with van der Waals surface area (Å²) in [7, 11) is -3.78. The number of nitrogens with one attached hydrogen (secondary N) is 1. The van der Waals surface area contributed by atoms with E-state index in [1.165, 1.54) is 0 Å². The summed E-state index contributed by atoms with van der Waals surface area (Å²) in [4.78, 5) is 0. The second kappa shape index (κ2) is 6.27. The van der Waals surface area contributed by atoms with Gasteiger partial charge in [0, 0.05) is 6.07 Å². The van der Waals surface area contributed by atoms with Crippen molar-refractivity contribution in [1.82, 2.24) is 10.2 Å². The normalized spacial score (nSPS) is 12.9. The quantitative estimate of drug-likeness (QED) is 0.841. The number of anilines is 2. The molecule has 0 aliphatic heterocycles. The van der Waals surface area contributed by atoms with E-state index in [0.29, 0.717) is 11.4 Å². The van der Waals surface area contributed by atoms with Crippen molar-refractivity contribution in [3.05, 3.63) is 24.3 Å². The Morgan fingerprint density at radius 3 is 2.81 bits per heavy atom. The van der Waals surface area contributed by atoms with Crippen molar-refractivity contribution in [3.63, 3.8) is 0 Å². The van der Waals surface area contributed by atoms with Crippen molar-refractivity contribution >= 4 is 32.2 Å². The summed E-state index contributed by atoms with van der Waals surface area (Å²) >= 11 is 0.806. The van der Waals surface area contributed by atoms with Crippen molar-refractivity contribution in [2.75, 3.05) is 10.5 Å². The van der Waals surface area contributed by atoms with Gasteiger partial charge in [0.2, 0.25) is 5.13 Å². The lowest BCUT2D eigenvalue weighted by Crippen LogP contribution is -2.13. The van der Waals surface area contributed by atoms with Crippen molar-refractivity contribution in [2.45, 2.75) is 30.7 Å². The summed E-state index contributed by atoms with van der Waals surface area (Å²) in [6.45, 7) is 3.96. The van der Waals surface area contributed by atoms with Gasteiger partial charge in [-0.25, -0.2) is 0 Å². The predicted molar refractivity (Wildman–Crippen MR) is 82.0 cm³/mol. The van der Waals surface area contributed by atoms with Gasteiger partial charge in [-0.1, -0.05) is 24.3 Å². The summed E-state index contributed by atoms with van der Waals surface area (Å²) in [5, 5.41) is 7.13. The molecule has 0 saturated carbocycles. The van der Waals surface area contributed by atoms with Gasteiger partial charge in [0.05, 0.1) is 11.8 Å². The first-order valence-electron chi connectivity index (χ1n) is 6.29. The zero-order chi connectivity index (χ0) is 15.5. The number of nitrogens with zero attached hydrogens (tertiary/aromatic N) is 2. The van der Waals surface area contributed by atoms with Crippen LogP contribution in [0.15, 0.2) is 28.6 Å². The van der Waals surface area contributed by atoms with Gasteiger partial charge in [-0.15, -0.1) is 10.2 Å². The van der Waals surface area contributed by atoms with E-state index in [1.807, 2.05) is 13.8 Å². The maximum Gasteiger partial charge on any atom is 0.291 e. The predicted octanol–water partition coefficient (Wildman–Crippen LogP) is 2.10. The summed E-state index contributed by atoms with van der Waals surface area (Å²) in [6.07, 6.45) is 0.917. The maximum absolute atomic E-state index is 12.1. The van der Waals surface area contributed by atoms with Crippen molar-refractivity contribution in [1.29, 1.82) is 0 Å². The SMILES string of the molecule is CCC(C)Oc1cccc(NS(=O)(=O)c2nnc(N)s2)c1. The highest BCUT2D eigenvalue weighted by Gasteiger charge is 2.19. The van der Waals surface area contributed by atoms with Crippen LogP contribution in [0, 0.1) is 0 Å². The second-order valence-electron chi connectivity index (χ2n) is 4.38. The molecule has 0 saturated heterocycles. The van der Waals surface area contributed by atoms with E-state index in [0.717, 1.165) is 17.8 Å². The van der Waals surface area contributed by atoms with Gasteiger partial charge in [-0.3, -0.25) is 4.72 Å². The number of aromatic nitrogens is 2. The fourth-order valence-electron chi connectivity index (χ4n) is 1.48. The number of hydrogen-bond acceptors (Lipinski definition) is 7. The molecule has 2 aromatic rings. The van der Waals surface area contributed by atoms with Gasteiger partial charge in [0.1, 0.15) is 5.75 Å². The monoisotopic (exact) mass is 328 g/mol. The number of benzene rings is 1. The molecule has 0 aliphatic rings. The molecular weight excluding hydrogens is 312 g/mol. The number of ether oxygens (including phenoxy) is 1. The Hall–Kier alpha value is -1.87. The number of rotatable bonds is 6. The molecule has 21 heavy (non-hydrogen) atoms. The molecule has 1 aromatic heterocycles. The highest BCUT2D eigenvalue weighted by Crippen LogP contribution is 2.23. The smallest absolute Gasteiger partial charge is 0.291 e. The van der Waals surface area contributed by atoms with Crippen LogP contribution in [0.3, 0.4) is 0 Å². The van der Waals surface area contributed by atoms with E-state index in [-0.39, 0.29) is 15.6 Å². The Labute approximate surface area is 127 Å². The molecule has 9 heteroatoms. The van der Waals surface area contributed by atoms with Crippen LogP contribution >= 0.6 is 11.3 Å². The number of nitrogens with two attached hydrogens (primary N) is 1. The van der Waals surface area contributed by atoms with Crippen LogP contribution in [-0.4, -0.2) is 24.7 Å². The molecule has 0 bridgehead atoms. The standard InChI is InChI=1S/C12H16N4O3S2/c1-3-8(2)19-10-6-4-5-9(7-10)16-21(17,18)12-15-14-11(13)20-12/h4-8,16H,3H2,1-2H3,(H2,13,14). The van der Waals surface area contributed by atoms with Crippen LogP contribution in [0.2, 0.25) is 0 Å². The Kier molecular flexibility index (Phi) is 4.63. The third-order valence-electron chi connectivity index (χ3n) is 2.65. The molecule has 0 radical (unpaired) electrons. The first kappa shape index (κ1) is 15.5. The zero-order valence-corrected chi connectivity index (χ0v) is 13.2. The second-order valence-corrected chi connectivity index (χ2v) is 7.24. The lowest BCUT2D eigenvalue weighted by atomic mass is 10.3. The summed E-state index contributed by atoms with van der Waals surface area (Å²) < 4.78 is 32.1. The van der Waals surface area contributed by atoms with Gasteiger partial charge in [-0.05, 0) is 25.5 Å². The van der Waals surface area contributed by atoms with E-state index < -0.39 is 10.0 Å². The minimum absolute atomic E-state index is 0.0554. The average Bonchev–Trinajstić information content (AvgIpc) is 2.86. The molecule has 0 spiro atoms. The molecule has 7 nitrogen and oxygen atoms in total. The molecule has 0 fully saturated rings. The van der Waals surface area contributed by atoms with Crippen LogP contribution in [-0.2, 0) is 10.0 Å². The molecule has 1 aromatic carbocycles. The summed E-state index contributed by atoms with van der Waals surface area (Å²) in [5.74, 6) is 0.598. The molecule has 1 heterocycles. The van der Waals surface area contributed by atoms with Crippen molar-refractivity contribution in [3.8, 4) is 5.75 Å². The number of hydrogen-bond donors (Lipinski definition) is 2. The van der Waals surface area contributed by atoms with Crippen LogP contribution < -0.4 is 15.2 Å². The zero-order valence-electron chi connectivity index (χ0n) is 11.6. The van der Waals surface area contributed by atoms with E-state index >= 15 is 0 Å². The van der Waals surface area contributed by atoms with Crippen molar-refractivity contribution in [2.24, 2.45) is 0 Å². The van der Waals surface area contributed by atoms with Gasteiger partial charge >= 0.3 is 0 Å². The summed E-state index contributed by atoms with van der Waals surface area (Å²) in [5.41, 5.74) is 5.79. The third kappa shape index (κ3) is 4.05. The van der Waals surface area contributed by atoms with E-state index in [2.05, 4.69) is 14.9 Å². The van der Waals surface area contributed by atoms with Crippen LogP contribution in [0.1, 0.15) is 20.3 Å². The Morgan fingerprint density at radius 2 is 2.19 bits per heavy atom. The third-order valence-corrected chi connectivity index (χ3v) is 5.15. The topological polar surface area (TPSA) is 107 Å². The minimum Gasteiger partial charge on any atom is -0.491 e. The fourth-order valence-corrected chi connectivity index (χ4v) is 3.31. The lowest BCUT2D eigenvalue weighted by molar-refractivity contribution is 0.217. The number of nitrogen functional groups attached to an aromatic ring is 1. The largest absolute Gasteiger partial charge is 0.491 e. The Morgan fingerprint density at radius 1 is 1.43 bits per heavy atom. The van der Waals surface area contributed by atoms with Crippen LogP contribution in [0.25, 0.3) is 0 Å². The van der Waals surface area contributed by atoms with Crippen LogP contribution in [0.4, 0.5) is 10.8 Å². The molecule has 1 unspecified atom stereocenters. The van der Waals surface area contributed by atoms with Crippen LogP contribution in [0.5, 0.6) is 5.75 Å². The number of sulfonamides is 1. The first-order valence-corrected chi connectivity index (χ1v) is 8.59. The minimum atomic E-state index is -3.78. The molecular formula is C12H16N4O3S2. The molecule has 3 N–H and O–H groups in total. The highest BCUT2D eigenvalue weighted by molar-refractivity contribution is 7.94. The fraction of sp³-hybridized carbons (Fsp3) is 0.333. The molecule has 2 rings (SSSR count). The molecule has 0 amide bonds. The molecule has 0 aliphatic carbocycles. The van der Waals surface area contributed by atoms with E-state index in [9.17, 15) is 8.42 Å². The van der Waals surface area contributed by atoms with Gasteiger partial charge in [-0.2, -0.15) is 8.42 Å². The van der Waals surface area contributed by atoms with Gasteiger partial charge < -0.3 is 10.5 Å².